The van der Waals surface area contributed by atoms with Gasteiger partial charge in [0, 0.05) is 5.12 Å². The topological polar surface area (TPSA) is 17.1 Å². The second kappa shape index (κ2) is 11.0. The maximum Gasteiger partial charge on any atom is 0.0148 e. The highest BCUT2D eigenvalue weighted by atomic mass is 32.1. The zero-order valence-electron chi connectivity index (χ0n) is 11.8. The highest BCUT2D eigenvalue weighted by Crippen LogP contribution is 2.23. The molecule has 17 heavy (non-hydrogen) atoms. The molecule has 0 aromatic heterocycles. The van der Waals surface area contributed by atoms with Gasteiger partial charge in [-0.05, 0) is 18.3 Å². The number of carbonyl (C=O) groups excluding carboxylic acids is 1. The van der Waals surface area contributed by atoms with E-state index in [0.29, 0.717) is 0 Å². The lowest BCUT2D eigenvalue weighted by atomic mass is 9.90. The minimum absolute atomic E-state index is 0.0660. The van der Waals surface area contributed by atoms with E-state index in [1.807, 2.05) is 6.92 Å². The quantitative estimate of drug-likeness (QED) is 0.492. The third kappa shape index (κ3) is 9.58. The zero-order valence-corrected chi connectivity index (χ0v) is 12.7. The average Bonchev–Trinajstić information content (AvgIpc) is 2.31. The predicted molar refractivity (Wildman–Crippen MR) is 77.9 cm³/mol. The molecule has 0 spiro atoms. The number of unbranched alkanes of at least 4 members (excludes halogenated alkanes) is 2. The normalized spacial score (nSPS) is 12.9. The summed E-state index contributed by atoms with van der Waals surface area (Å²) < 4.78 is 0. The minimum atomic E-state index is -0.0660. The molecule has 0 aliphatic rings. The smallest absolute Gasteiger partial charge is 0.0148 e. The Morgan fingerprint density at radius 2 is 1.41 bits per heavy atom. The van der Waals surface area contributed by atoms with Crippen LogP contribution in [0.2, 0.25) is 0 Å². The number of hydrogen-bond acceptors (Lipinski definition) is 2. The summed E-state index contributed by atoms with van der Waals surface area (Å²) in [7, 11) is 0. The van der Waals surface area contributed by atoms with Crippen LogP contribution in [0.15, 0.2) is 0 Å². The van der Waals surface area contributed by atoms with Crippen molar-refractivity contribution in [2.24, 2.45) is 11.8 Å². The molecule has 1 unspecified atom stereocenters. The van der Waals surface area contributed by atoms with Crippen molar-refractivity contribution in [2.75, 3.05) is 0 Å². The van der Waals surface area contributed by atoms with E-state index < -0.39 is 0 Å². The van der Waals surface area contributed by atoms with Gasteiger partial charge in [0.25, 0.3) is 0 Å². The van der Waals surface area contributed by atoms with Gasteiger partial charge in [-0.2, -0.15) is 0 Å². The summed E-state index contributed by atoms with van der Waals surface area (Å²) in [6, 6.07) is 0. The molecule has 0 aliphatic heterocycles. The second-order valence-corrected chi connectivity index (χ2v) is 5.70. The summed E-state index contributed by atoms with van der Waals surface area (Å²) in [6.07, 6.45) is 11.5. The van der Waals surface area contributed by atoms with Gasteiger partial charge in [0.2, 0.25) is 0 Å². The Hall–Kier alpha value is -0.110. The Morgan fingerprint density at radius 3 is 1.82 bits per heavy atom. The van der Waals surface area contributed by atoms with Crippen molar-refractivity contribution in [1.82, 2.24) is 0 Å². The monoisotopic (exact) mass is 257 g/mol. The highest BCUT2D eigenvalue weighted by molar-refractivity contribution is 7.77. The van der Waals surface area contributed by atoms with Crippen LogP contribution < -0.4 is 0 Å². The maximum atomic E-state index is 11.0. The van der Waals surface area contributed by atoms with Gasteiger partial charge in [0.1, 0.15) is 0 Å². The van der Waals surface area contributed by atoms with E-state index in [-0.39, 0.29) is 11.0 Å². The summed E-state index contributed by atoms with van der Waals surface area (Å²) in [5.41, 5.74) is 0. The van der Waals surface area contributed by atoms with Gasteiger partial charge < -0.3 is 17.4 Å². The first kappa shape index (κ1) is 16.9. The molecule has 0 aliphatic carbocycles. The predicted octanol–water partition coefficient (Wildman–Crippen LogP) is 4.86. The molecule has 0 rings (SSSR count). The fourth-order valence-electron chi connectivity index (χ4n) is 2.25. The molecule has 0 radical (unpaired) electrons. The van der Waals surface area contributed by atoms with E-state index in [1.54, 1.807) is 0 Å². The standard InChI is InChI=1S/C15H30OS/c1-4-6-10-14(11-7-5-2)12-8-9-13(3)15(16)17/h13-14H,4-12H2,1-3H3,(H,16,17)/p-1. The molecule has 0 saturated carbocycles. The number of carbonyl (C=O) groups is 1. The van der Waals surface area contributed by atoms with Crippen molar-refractivity contribution in [3.8, 4) is 0 Å². The summed E-state index contributed by atoms with van der Waals surface area (Å²) >= 11 is 4.68. The van der Waals surface area contributed by atoms with Gasteiger partial charge >= 0.3 is 0 Å². The first-order valence-electron chi connectivity index (χ1n) is 7.32. The van der Waals surface area contributed by atoms with E-state index in [2.05, 4.69) is 26.5 Å². The Labute approximate surface area is 113 Å². The summed E-state index contributed by atoms with van der Waals surface area (Å²) in [4.78, 5) is 11.0. The molecule has 1 nitrogen and oxygen atoms in total. The van der Waals surface area contributed by atoms with Crippen LogP contribution in [0.4, 0.5) is 0 Å². The van der Waals surface area contributed by atoms with Crippen molar-refractivity contribution >= 4 is 17.7 Å². The Bertz CT molecular complexity index is 183. The third-order valence-corrected chi connectivity index (χ3v) is 3.99. The average molecular weight is 257 g/mol. The summed E-state index contributed by atoms with van der Waals surface area (Å²) in [6.45, 7) is 6.48. The molecule has 0 saturated heterocycles. The first-order valence-corrected chi connectivity index (χ1v) is 7.73. The SMILES string of the molecule is CCCCC(CCCC)CCCC(C)C(=O)[S-]. The molecule has 102 valence electrons. The number of hydrogen-bond donors (Lipinski definition) is 0. The summed E-state index contributed by atoms with van der Waals surface area (Å²) in [5, 5.41) is -0.0660. The van der Waals surface area contributed by atoms with E-state index in [9.17, 15) is 4.79 Å². The molecule has 0 fully saturated rings. The molecular formula is C15H29OS-. The Balaban J connectivity index is 3.77. The molecule has 0 aromatic carbocycles. The molecular weight excluding hydrogens is 228 g/mol. The molecule has 2 heteroatoms. The Morgan fingerprint density at radius 1 is 0.941 bits per heavy atom. The van der Waals surface area contributed by atoms with Crippen molar-refractivity contribution in [3.63, 3.8) is 0 Å². The highest BCUT2D eigenvalue weighted by Gasteiger charge is 2.09. The van der Waals surface area contributed by atoms with E-state index in [1.165, 1.54) is 51.4 Å². The fourth-order valence-corrected chi connectivity index (χ4v) is 2.37. The van der Waals surface area contributed by atoms with Crippen LogP contribution in [-0.2, 0) is 17.4 Å². The van der Waals surface area contributed by atoms with Gasteiger partial charge in [-0.3, -0.25) is 0 Å². The van der Waals surface area contributed by atoms with Crippen molar-refractivity contribution in [1.29, 1.82) is 0 Å². The van der Waals surface area contributed by atoms with Crippen LogP contribution in [0.3, 0.4) is 0 Å². The van der Waals surface area contributed by atoms with Crippen LogP contribution in [0.1, 0.15) is 78.6 Å². The molecule has 0 bridgehead atoms. The van der Waals surface area contributed by atoms with Gasteiger partial charge in [0.05, 0.1) is 0 Å². The van der Waals surface area contributed by atoms with Gasteiger partial charge in [-0.1, -0.05) is 72.1 Å². The van der Waals surface area contributed by atoms with Crippen LogP contribution >= 0.6 is 0 Å². The van der Waals surface area contributed by atoms with E-state index >= 15 is 0 Å². The molecule has 0 N–H and O–H groups in total. The fraction of sp³-hybridized carbons (Fsp3) is 0.933. The lowest BCUT2D eigenvalue weighted by molar-refractivity contribution is -0.114. The van der Waals surface area contributed by atoms with Crippen molar-refractivity contribution < 1.29 is 4.79 Å². The lowest BCUT2D eigenvalue weighted by Gasteiger charge is -2.18. The summed E-state index contributed by atoms with van der Waals surface area (Å²) in [5.74, 6) is 0.963. The van der Waals surface area contributed by atoms with E-state index in [0.717, 1.165) is 12.3 Å². The van der Waals surface area contributed by atoms with Crippen LogP contribution in [0.5, 0.6) is 0 Å². The molecule has 0 amide bonds. The Kier molecular flexibility index (Phi) is 10.9. The lowest BCUT2D eigenvalue weighted by Crippen LogP contribution is -2.08. The first-order chi connectivity index (χ1) is 8.11. The van der Waals surface area contributed by atoms with Gasteiger partial charge in [0.15, 0.2) is 0 Å². The van der Waals surface area contributed by atoms with E-state index in [4.69, 9.17) is 0 Å². The zero-order chi connectivity index (χ0) is 13.1. The van der Waals surface area contributed by atoms with Crippen molar-refractivity contribution in [3.05, 3.63) is 0 Å². The van der Waals surface area contributed by atoms with Gasteiger partial charge in [-0.15, -0.1) is 0 Å². The van der Waals surface area contributed by atoms with Crippen LogP contribution in [0, 0.1) is 11.8 Å². The maximum absolute atomic E-state index is 11.0. The minimum Gasteiger partial charge on any atom is -0.742 e. The largest absolute Gasteiger partial charge is 0.742 e. The molecule has 0 aromatic rings. The second-order valence-electron chi connectivity index (χ2n) is 5.30. The van der Waals surface area contributed by atoms with Gasteiger partial charge in [-0.25, -0.2) is 0 Å². The van der Waals surface area contributed by atoms with Crippen molar-refractivity contribution in [2.45, 2.75) is 78.6 Å². The third-order valence-electron chi connectivity index (χ3n) is 3.58. The molecule has 0 heterocycles. The number of rotatable bonds is 11. The molecule has 1 atom stereocenters. The van der Waals surface area contributed by atoms with Crippen LogP contribution in [-0.4, -0.2) is 5.12 Å². The van der Waals surface area contributed by atoms with Crippen LogP contribution in [0.25, 0.3) is 0 Å².